The SMILES string of the molecule is O=C(O)CCCOOCc1ccccc1. The van der Waals surface area contributed by atoms with Gasteiger partial charge in [-0.15, -0.1) is 0 Å². The zero-order chi connectivity index (χ0) is 10.9. The predicted octanol–water partition coefficient (Wildman–Crippen LogP) is 2.00. The van der Waals surface area contributed by atoms with Crippen molar-refractivity contribution in [3.63, 3.8) is 0 Å². The molecule has 15 heavy (non-hydrogen) atoms. The maximum Gasteiger partial charge on any atom is 0.303 e. The summed E-state index contributed by atoms with van der Waals surface area (Å²) in [7, 11) is 0. The molecule has 1 N–H and O–H groups in total. The molecule has 0 unspecified atom stereocenters. The van der Waals surface area contributed by atoms with Gasteiger partial charge >= 0.3 is 5.97 Å². The number of benzene rings is 1. The summed E-state index contributed by atoms with van der Waals surface area (Å²) in [6.07, 6.45) is 0.568. The lowest BCUT2D eigenvalue weighted by atomic mass is 10.2. The Balaban J connectivity index is 2.00. The smallest absolute Gasteiger partial charge is 0.303 e. The summed E-state index contributed by atoms with van der Waals surface area (Å²) < 4.78 is 0. The molecule has 0 aliphatic rings. The van der Waals surface area contributed by atoms with Crippen molar-refractivity contribution in [1.82, 2.24) is 0 Å². The molecular formula is C11H14O4. The van der Waals surface area contributed by atoms with Crippen molar-refractivity contribution < 1.29 is 19.7 Å². The van der Waals surface area contributed by atoms with Gasteiger partial charge in [0.1, 0.15) is 6.61 Å². The minimum atomic E-state index is -0.818. The highest BCUT2D eigenvalue weighted by molar-refractivity contribution is 5.66. The van der Waals surface area contributed by atoms with Crippen LogP contribution in [0.3, 0.4) is 0 Å². The van der Waals surface area contributed by atoms with E-state index in [1.165, 1.54) is 0 Å². The van der Waals surface area contributed by atoms with Crippen LogP contribution in [0.5, 0.6) is 0 Å². The Labute approximate surface area is 88.4 Å². The molecule has 1 rings (SSSR count). The van der Waals surface area contributed by atoms with Crippen LogP contribution < -0.4 is 0 Å². The maximum atomic E-state index is 10.2. The van der Waals surface area contributed by atoms with Crippen molar-refractivity contribution in [3.05, 3.63) is 35.9 Å². The molecule has 0 amide bonds. The average Bonchev–Trinajstić information content (AvgIpc) is 2.24. The molecule has 0 heterocycles. The van der Waals surface area contributed by atoms with Gasteiger partial charge in [0, 0.05) is 6.42 Å². The topological polar surface area (TPSA) is 55.8 Å². The molecule has 0 radical (unpaired) electrons. The van der Waals surface area contributed by atoms with Crippen LogP contribution in [0.2, 0.25) is 0 Å². The molecule has 0 aliphatic heterocycles. The van der Waals surface area contributed by atoms with Gasteiger partial charge in [-0.25, -0.2) is 9.78 Å². The van der Waals surface area contributed by atoms with Crippen LogP contribution >= 0.6 is 0 Å². The molecule has 4 heteroatoms. The van der Waals surface area contributed by atoms with Gasteiger partial charge < -0.3 is 5.11 Å². The van der Waals surface area contributed by atoms with Crippen LogP contribution in [0.25, 0.3) is 0 Å². The van der Waals surface area contributed by atoms with Crippen LogP contribution in [0.15, 0.2) is 30.3 Å². The van der Waals surface area contributed by atoms with Gasteiger partial charge in [-0.3, -0.25) is 4.79 Å². The van der Waals surface area contributed by atoms with Crippen molar-refractivity contribution >= 4 is 5.97 Å². The van der Waals surface area contributed by atoms with E-state index in [0.717, 1.165) is 5.56 Å². The van der Waals surface area contributed by atoms with E-state index in [9.17, 15) is 4.79 Å². The lowest BCUT2D eigenvalue weighted by Crippen LogP contribution is -2.01. The molecule has 82 valence electrons. The first-order valence-corrected chi connectivity index (χ1v) is 4.79. The minimum absolute atomic E-state index is 0.106. The standard InChI is InChI=1S/C11H14O4/c12-11(13)7-4-8-14-15-9-10-5-2-1-3-6-10/h1-3,5-6H,4,7-9H2,(H,12,13). The van der Waals surface area contributed by atoms with Crippen LogP contribution in [0, 0.1) is 0 Å². The van der Waals surface area contributed by atoms with E-state index in [1.54, 1.807) is 0 Å². The van der Waals surface area contributed by atoms with E-state index in [-0.39, 0.29) is 6.42 Å². The Morgan fingerprint density at radius 2 is 1.93 bits per heavy atom. The monoisotopic (exact) mass is 210 g/mol. The summed E-state index contributed by atoms with van der Waals surface area (Å²) in [5, 5.41) is 8.35. The third-order valence-electron chi connectivity index (χ3n) is 1.77. The number of aliphatic carboxylic acids is 1. The quantitative estimate of drug-likeness (QED) is 0.425. The summed E-state index contributed by atoms with van der Waals surface area (Å²) in [6, 6.07) is 9.63. The Kier molecular flexibility index (Phi) is 5.43. The zero-order valence-corrected chi connectivity index (χ0v) is 8.39. The molecule has 0 spiro atoms. The molecular weight excluding hydrogens is 196 g/mol. The summed E-state index contributed by atoms with van der Waals surface area (Å²) in [5.41, 5.74) is 1.02. The first-order valence-electron chi connectivity index (χ1n) is 4.79. The van der Waals surface area contributed by atoms with Gasteiger partial charge in [-0.1, -0.05) is 30.3 Å². The predicted molar refractivity (Wildman–Crippen MR) is 54.1 cm³/mol. The van der Waals surface area contributed by atoms with Crippen molar-refractivity contribution in [3.8, 4) is 0 Å². The van der Waals surface area contributed by atoms with E-state index in [2.05, 4.69) is 0 Å². The molecule has 1 aromatic carbocycles. The Hall–Kier alpha value is -1.39. The van der Waals surface area contributed by atoms with Crippen molar-refractivity contribution in [1.29, 1.82) is 0 Å². The van der Waals surface area contributed by atoms with Crippen LogP contribution in [-0.2, 0) is 21.2 Å². The molecule has 0 atom stereocenters. The van der Waals surface area contributed by atoms with Crippen molar-refractivity contribution in [2.24, 2.45) is 0 Å². The van der Waals surface area contributed by atoms with E-state index in [1.807, 2.05) is 30.3 Å². The summed E-state index contributed by atoms with van der Waals surface area (Å²) in [6.45, 7) is 0.688. The first-order chi connectivity index (χ1) is 7.29. The third kappa shape index (κ3) is 5.83. The molecule has 0 saturated heterocycles. The zero-order valence-electron chi connectivity index (χ0n) is 8.39. The molecule has 0 bridgehead atoms. The fraction of sp³-hybridized carbons (Fsp3) is 0.364. The highest BCUT2D eigenvalue weighted by atomic mass is 17.2. The second kappa shape index (κ2) is 6.98. The number of carboxylic acids is 1. The number of rotatable bonds is 7. The normalized spacial score (nSPS) is 10.1. The molecule has 0 saturated carbocycles. The third-order valence-corrected chi connectivity index (χ3v) is 1.77. The Morgan fingerprint density at radius 3 is 2.60 bits per heavy atom. The van der Waals surface area contributed by atoms with E-state index >= 15 is 0 Å². The average molecular weight is 210 g/mol. The van der Waals surface area contributed by atoms with Gasteiger partial charge in [-0.2, -0.15) is 0 Å². The van der Waals surface area contributed by atoms with Gasteiger partial charge in [0.05, 0.1) is 6.61 Å². The second-order valence-electron chi connectivity index (χ2n) is 3.07. The van der Waals surface area contributed by atoms with Gasteiger partial charge in [0.15, 0.2) is 0 Å². The Bertz CT molecular complexity index is 284. The summed E-state index contributed by atoms with van der Waals surface area (Å²) in [4.78, 5) is 19.9. The fourth-order valence-electron chi connectivity index (χ4n) is 1.03. The Morgan fingerprint density at radius 1 is 1.20 bits per heavy atom. The maximum absolute atomic E-state index is 10.2. The number of carboxylic acid groups (broad SMARTS) is 1. The second-order valence-corrected chi connectivity index (χ2v) is 3.07. The van der Waals surface area contributed by atoms with Gasteiger partial charge in [-0.05, 0) is 12.0 Å². The molecule has 4 nitrogen and oxygen atoms in total. The van der Waals surface area contributed by atoms with Crippen molar-refractivity contribution in [2.75, 3.05) is 6.61 Å². The summed E-state index contributed by atoms with van der Waals surface area (Å²) in [5.74, 6) is -0.818. The van der Waals surface area contributed by atoms with Gasteiger partial charge in [0.2, 0.25) is 0 Å². The van der Waals surface area contributed by atoms with Crippen LogP contribution in [0.4, 0.5) is 0 Å². The summed E-state index contributed by atoms with van der Waals surface area (Å²) >= 11 is 0. The highest BCUT2D eigenvalue weighted by Gasteiger charge is 1.97. The minimum Gasteiger partial charge on any atom is -0.481 e. The largest absolute Gasteiger partial charge is 0.481 e. The lowest BCUT2D eigenvalue weighted by molar-refractivity contribution is -0.304. The van der Waals surface area contributed by atoms with Crippen LogP contribution in [-0.4, -0.2) is 17.7 Å². The van der Waals surface area contributed by atoms with Crippen molar-refractivity contribution in [2.45, 2.75) is 19.4 Å². The highest BCUT2D eigenvalue weighted by Crippen LogP contribution is 2.01. The van der Waals surface area contributed by atoms with E-state index in [0.29, 0.717) is 19.6 Å². The molecule has 0 aliphatic carbocycles. The number of hydrogen-bond donors (Lipinski definition) is 1. The first kappa shape index (κ1) is 11.7. The fourth-order valence-corrected chi connectivity index (χ4v) is 1.03. The van der Waals surface area contributed by atoms with Crippen LogP contribution in [0.1, 0.15) is 18.4 Å². The lowest BCUT2D eigenvalue weighted by Gasteiger charge is -2.02. The van der Waals surface area contributed by atoms with Gasteiger partial charge in [0.25, 0.3) is 0 Å². The van der Waals surface area contributed by atoms with E-state index < -0.39 is 5.97 Å². The molecule has 0 fully saturated rings. The molecule has 1 aromatic rings. The van der Waals surface area contributed by atoms with E-state index in [4.69, 9.17) is 14.9 Å². The number of hydrogen-bond acceptors (Lipinski definition) is 3. The molecule has 0 aromatic heterocycles. The number of carbonyl (C=O) groups is 1.